The molecule has 0 atom stereocenters. The minimum Gasteiger partial charge on any atom is -0.352 e. The highest BCUT2D eigenvalue weighted by atomic mass is 16.1. The average molecular weight is 220 g/mol. The van der Waals surface area contributed by atoms with Gasteiger partial charge in [-0.15, -0.1) is 0 Å². The number of carbonyl (C=O) groups is 1. The molecule has 0 saturated carbocycles. The lowest BCUT2D eigenvalue weighted by Gasteiger charge is -2.09. The third-order valence-electron chi connectivity index (χ3n) is 2.34. The standard InChI is InChI=1S/C13H20N2O/c1-15(2)10-6-9-13(16)14-11-12-7-4-3-5-8-12/h3-5,7-8H,6,9-11H2,1-2H3,(H,14,16). The Morgan fingerprint density at radius 1 is 1.25 bits per heavy atom. The zero-order valence-electron chi connectivity index (χ0n) is 10.1. The molecule has 88 valence electrons. The maximum Gasteiger partial charge on any atom is 0.220 e. The van der Waals surface area contributed by atoms with E-state index in [1.165, 1.54) is 0 Å². The highest BCUT2D eigenvalue weighted by molar-refractivity contribution is 5.75. The Kier molecular flexibility index (Phi) is 5.57. The zero-order valence-corrected chi connectivity index (χ0v) is 10.1. The second-order valence-electron chi connectivity index (χ2n) is 4.17. The van der Waals surface area contributed by atoms with Crippen LogP contribution in [0.5, 0.6) is 0 Å². The Labute approximate surface area is 97.5 Å². The van der Waals surface area contributed by atoms with Crippen LogP contribution in [0.1, 0.15) is 18.4 Å². The molecule has 16 heavy (non-hydrogen) atoms. The average Bonchev–Trinajstić information content (AvgIpc) is 2.27. The SMILES string of the molecule is CN(C)CCCC(=O)NCc1ccccc1. The van der Waals surface area contributed by atoms with Gasteiger partial charge in [0, 0.05) is 13.0 Å². The summed E-state index contributed by atoms with van der Waals surface area (Å²) >= 11 is 0. The smallest absolute Gasteiger partial charge is 0.220 e. The molecule has 1 aromatic rings. The summed E-state index contributed by atoms with van der Waals surface area (Å²) in [6.07, 6.45) is 1.51. The molecule has 0 spiro atoms. The molecule has 0 aliphatic heterocycles. The summed E-state index contributed by atoms with van der Waals surface area (Å²) in [5.74, 6) is 0.130. The van der Waals surface area contributed by atoms with Crippen LogP contribution >= 0.6 is 0 Å². The van der Waals surface area contributed by atoms with E-state index in [2.05, 4.69) is 10.2 Å². The van der Waals surface area contributed by atoms with Gasteiger partial charge in [-0.2, -0.15) is 0 Å². The largest absolute Gasteiger partial charge is 0.352 e. The van der Waals surface area contributed by atoms with Crippen LogP contribution in [0.25, 0.3) is 0 Å². The number of hydrogen-bond donors (Lipinski definition) is 1. The van der Waals surface area contributed by atoms with Gasteiger partial charge in [0.25, 0.3) is 0 Å². The van der Waals surface area contributed by atoms with Crippen molar-refractivity contribution in [2.45, 2.75) is 19.4 Å². The molecule has 1 amide bonds. The molecule has 0 bridgehead atoms. The summed E-state index contributed by atoms with van der Waals surface area (Å²) in [4.78, 5) is 13.6. The summed E-state index contributed by atoms with van der Waals surface area (Å²) in [6.45, 7) is 1.58. The van der Waals surface area contributed by atoms with Crippen LogP contribution in [0.3, 0.4) is 0 Å². The number of rotatable bonds is 6. The van der Waals surface area contributed by atoms with Gasteiger partial charge in [0.15, 0.2) is 0 Å². The van der Waals surface area contributed by atoms with Crippen LogP contribution in [-0.2, 0) is 11.3 Å². The van der Waals surface area contributed by atoms with Crippen molar-refractivity contribution in [3.8, 4) is 0 Å². The molecule has 0 aromatic heterocycles. The first kappa shape index (κ1) is 12.7. The fourth-order valence-electron chi connectivity index (χ4n) is 1.44. The van der Waals surface area contributed by atoms with Crippen LogP contribution in [0.15, 0.2) is 30.3 Å². The first-order chi connectivity index (χ1) is 7.68. The summed E-state index contributed by atoms with van der Waals surface area (Å²) in [5.41, 5.74) is 1.14. The van der Waals surface area contributed by atoms with Gasteiger partial charge in [0.1, 0.15) is 0 Å². The molecule has 3 nitrogen and oxygen atoms in total. The molecule has 1 aromatic carbocycles. The molecule has 0 radical (unpaired) electrons. The van der Waals surface area contributed by atoms with Gasteiger partial charge in [-0.1, -0.05) is 30.3 Å². The van der Waals surface area contributed by atoms with Gasteiger partial charge in [-0.25, -0.2) is 0 Å². The number of amides is 1. The molecule has 0 unspecified atom stereocenters. The van der Waals surface area contributed by atoms with Gasteiger partial charge in [-0.05, 0) is 32.6 Å². The van der Waals surface area contributed by atoms with Gasteiger partial charge < -0.3 is 10.2 Å². The monoisotopic (exact) mass is 220 g/mol. The molecule has 1 N–H and O–H groups in total. The van der Waals surface area contributed by atoms with E-state index in [4.69, 9.17) is 0 Å². The summed E-state index contributed by atoms with van der Waals surface area (Å²) in [6, 6.07) is 9.96. The van der Waals surface area contributed by atoms with Gasteiger partial charge >= 0.3 is 0 Å². The van der Waals surface area contributed by atoms with E-state index in [9.17, 15) is 4.79 Å². The lowest BCUT2D eigenvalue weighted by atomic mass is 10.2. The zero-order chi connectivity index (χ0) is 11.8. The first-order valence-corrected chi connectivity index (χ1v) is 5.64. The van der Waals surface area contributed by atoms with E-state index < -0.39 is 0 Å². The number of benzene rings is 1. The normalized spacial score (nSPS) is 10.4. The Hall–Kier alpha value is -1.35. The van der Waals surface area contributed by atoms with Crippen molar-refractivity contribution in [1.29, 1.82) is 0 Å². The number of nitrogens with zero attached hydrogens (tertiary/aromatic N) is 1. The summed E-state index contributed by atoms with van der Waals surface area (Å²) in [7, 11) is 4.03. The molecule has 1 rings (SSSR count). The lowest BCUT2D eigenvalue weighted by Crippen LogP contribution is -2.24. The third-order valence-corrected chi connectivity index (χ3v) is 2.34. The fraction of sp³-hybridized carbons (Fsp3) is 0.462. The highest BCUT2D eigenvalue weighted by Crippen LogP contribution is 1.98. The highest BCUT2D eigenvalue weighted by Gasteiger charge is 2.01. The second kappa shape index (κ2) is 7.01. The van der Waals surface area contributed by atoms with E-state index in [-0.39, 0.29) is 5.91 Å². The minimum absolute atomic E-state index is 0.130. The lowest BCUT2D eigenvalue weighted by molar-refractivity contribution is -0.121. The fourth-order valence-corrected chi connectivity index (χ4v) is 1.44. The Bertz CT molecular complexity index is 309. The first-order valence-electron chi connectivity index (χ1n) is 5.64. The van der Waals surface area contributed by atoms with Crippen molar-refractivity contribution in [3.05, 3.63) is 35.9 Å². The molecule has 0 aliphatic carbocycles. The Balaban J connectivity index is 2.16. The Morgan fingerprint density at radius 3 is 2.56 bits per heavy atom. The maximum atomic E-state index is 11.5. The van der Waals surface area contributed by atoms with Gasteiger partial charge in [0.05, 0.1) is 0 Å². The van der Waals surface area contributed by atoms with Gasteiger partial charge in [-0.3, -0.25) is 4.79 Å². The number of hydrogen-bond acceptors (Lipinski definition) is 2. The van der Waals surface area contributed by atoms with E-state index in [0.29, 0.717) is 13.0 Å². The molecule has 3 heteroatoms. The van der Waals surface area contributed by atoms with Crippen LogP contribution in [0.4, 0.5) is 0 Å². The van der Waals surface area contributed by atoms with Crippen LogP contribution in [-0.4, -0.2) is 31.4 Å². The van der Waals surface area contributed by atoms with Crippen LogP contribution in [0, 0.1) is 0 Å². The van der Waals surface area contributed by atoms with Crippen LogP contribution < -0.4 is 5.32 Å². The maximum absolute atomic E-state index is 11.5. The minimum atomic E-state index is 0.130. The van der Waals surface area contributed by atoms with E-state index in [1.807, 2.05) is 44.4 Å². The topological polar surface area (TPSA) is 32.3 Å². The van der Waals surface area contributed by atoms with Crippen molar-refractivity contribution < 1.29 is 4.79 Å². The van der Waals surface area contributed by atoms with Crippen molar-refractivity contribution >= 4 is 5.91 Å². The molecular weight excluding hydrogens is 200 g/mol. The quantitative estimate of drug-likeness (QED) is 0.790. The van der Waals surface area contributed by atoms with Crippen molar-refractivity contribution in [1.82, 2.24) is 10.2 Å². The predicted octanol–water partition coefficient (Wildman–Crippen LogP) is 1.64. The van der Waals surface area contributed by atoms with E-state index >= 15 is 0 Å². The predicted molar refractivity (Wildman–Crippen MR) is 66.1 cm³/mol. The molecule has 0 aliphatic rings. The van der Waals surface area contributed by atoms with Gasteiger partial charge in [0.2, 0.25) is 5.91 Å². The van der Waals surface area contributed by atoms with Crippen LogP contribution in [0.2, 0.25) is 0 Å². The van der Waals surface area contributed by atoms with Crippen molar-refractivity contribution in [2.24, 2.45) is 0 Å². The van der Waals surface area contributed by atoms with Crippen molar-refractivity contribution in [3.63, 3.8) is 0 Å². The number of carbonyl (C=O) groups excluding carboxylic acids is 1. The summed E-state index contributed by atoms with van der Waals surface area (Å²) < 4.78 is 0. The molecule has 0 fully saturated rings. The Morgan fingerprint density at radius 2 is 1.94 bits per heavy atom. The number of nitrogens with one attached hydrogen (secondary N) is 1. The van der Waals surface area contributed by atoms with E-state index in [1.54, 1.807) is 0 Å². The molecule has 0 saturated heterocycles. The summed E-state index contributed by atoms with van der Waals surface area (Å²) in [5, 5.41) is 2.92. The third kappa shape index (κ3) is 5.51. The second-order valence-corrected chi connectivity index (χ2v) is 4.17. The molecule has 0 heterocycles. The van der Waals surface area contributed by atoms with E-state index in [0.717, 1.165) is 18.5 Å². The molecular formula is C13H20N2O. The van der Waals surface area contributed by atoms with Crippen molar-refractivity contribution in [2.75, 3.05) is 20.6 Å².